The van der Waals surface area contributed by atoms with Gasteiger partial charge >= 0.3 is 0 Å². The fourth-order valence-electron chi connectivity index (χ4n) is 1.91. The molecule has 3 heteroatoms. The molecule has 0 rings (SSSR count). The Bertz CT molecular complexity index is 149. The number of hydrogen-bond acceptors (Lipinski definition) is 3. The Labute approximate surface area is 108 Å². The average Bonchev–Trinajstić information content (AvgIpc) is 2.33. The summed E-state index contributed by atoms with van der Waals surface area (Å²) in [6.45, 7) is 16.1. The van der Waals surface area contributed by atoms with Gasteiger partial charge in [0.25, 0.3) is 0 Å². The standard InChI is InChI=1S/C14H32N2O/c1-5-8-14(4)13-17-12-10-15-9-11-16(6-2)7-3/h14-15H,5-13H2,1-4H3. The molecule has 17 heavy (non-hydrogen) atoms. The monoisotopic (exact) mass is 244 g/mol. The molecule has 104 valence electrons. The predicted molar refractivity (Wildman–Crippen MR) is 75.5 cm³/mol. The summed E-state index contributed by atoms with van der Waals surface area (Å²) in [7, 11) is 0. The van der Waals surface area contributed by atoms with Crippen molar-refractivity contribution >= 4 is 0 Å². The van der Waals surface area contributed by atoms with Crippen LogP contribution in [0.5, 0.6) is 0 Å². The molecule has 0 heterocycles. The van der Waals surface area contributed by atoms with Crippen molar-refractivity contribution in [1.82, 2.24) is 10.2 Å². The van der Waals surface area contributed by atoms with Crippen LogP contribution in [0.25, 0.3) is 0 Å². The van der Waals surface area contributed by atoms with E-state index in [0.717, 1.165) is 45.9 Å². The molecule has 0 amide bonds. The zero-order valence-electron chi connectivity index (χ0n) is 12.3. The topological polar surface area (TPSA) is 24.5 Å². The Hall–Kier alpha value is -0.120. The Morgan fingerprint density at radius 2 is 1.82 bits per heavy atom. The molecule has 3 nitrogen and oxygen atoms in total. The first-order chi connectivity index (χ1) is 8.24. The number of likely N-dealkylation sites (N-methyl/N-ethyl adjacent to an activating group) is 1. The van der Waals surface area contributed by atoms with E-state index >= 15 is 0 Å². The molecule has 0 aromatic rings. The van der Waals surface area contributed by atoms with Gasteiger partial charge in [-0.05, 0) is 25.4 Å². The molecule has 0 spiro atoms. The molecule has 0 saturated heterocycles. The quantitative estimate of drug-likeness (QED) is 0.533. The van der Waals surface area contributed by atoms with E-state index in [2.05, 4.69) is 37.9 Å². The molecular formula is C14H32N2O. The predicted octanol–water partition coefficient (Wildman–Crippen LogP) is 2.37. The van der Waals surface area contributed by atoms with E-state index in [-0.39, 0.29) is 0 Å². The summed E-state index contributed by atoms with van der Waals surface area (Å²) < 4.78 is 5.63. The second-order valence-corrected chi connectivity index (χ2v) is 4.75. The smallest absolute Gasteiger partial charge is 0.0591 e. The molecule has 0 aliphatic rings. The summed E-state index contributed by atoms with van der Waals surface area (Å²) >= 11 is 0. The van der Waals surface area contributed by atoms with Crippen molar-refractivity contribution in [3.8, 4) is 0 Å². The maximum Gasteiger partial charge on any atom is 0.0591 e. The van der Waals surface area contributed by atoms with Gasteiger partial charge in [-0.25, -0.2) is 0 Å². The van der Waals surface area contributed by atoms with Gasteiger partial charge in [0.1, 0.15) is 0 Å². The van der Waals surface area contributed by atoms with Gasteiger partial charge in [0.05, 0.1) is 6.61 Å². The number of nitrogens with one attached hydrogen (secondary N) is 1. The lowest BCUT2D eigenvalue weighted by molar-refractivity contribution is 0.103. The summed E-state index contributed by atoms with van der Waals surface area (Å²) in [5.74, 6) is 0.704. The lowest BCUT2D eigenvalue weighted by Crippen LogP contribution is -2.33. The van der Waals surface area contributed by atoms with E-state index < -0.39 is 0 Å². The van der Waals surface area contributed by atoms with Gasteiger partial charge in [0, 0.05) is 26.2 Å². The molecule has 0 bridgehead atoms. The van der Waals surface area contributed by atoms with Crippen molar-refractivity contribution in [1.29, 1.82) is 0 Å². The summed E-state index contributed by atoms with van der Waals surface area (Å²) in [6.07, 6.45) is 2.53. The van der Waals surface area contributed by atoms with E-state index in [9.17, 15) is 0 Å². The van der Waals surface area contributed by atoms with Gasteiger partial charge in [-0.1, -0.05) is 34.1 Å². The van der Waals surface area contributed by atoms with E-state index in [1.165, 1.54) is 12.8 Å². The van der Waals surface area contributed by atoms with Crippen LogP contribution in [0.1, 0.15) is 40.5 Å². The third kappa shape index (κ3) is 10.7. The van der Waals surface area contributed by atoms with Gasteiger partial charge in [-0.15, -0.1) is 0 Å². The van der Waals surface area contributed by atoms with Gasteiger partial charge in [0.15, 0.2) is 0 Å². The molecule has 0 saturated carbocycles. The second-order valence-electron chi connectivity index (χ2n) is 4.75. The molecule has 0 fully saturated rings. The molecular weight excluding hydrogens is 212 g/mol. The molecule has 1 N–H and O–H groups in total. The highest BCUT2D eigenvalue weighted by Gasteiger charge is 2.00. The average molecular weight is 244 g/mol. The normalized spacial score (nSPS) is 13.2. The third-order valence-electron chi connectivity index (χ3n) is 3.11. The minimum absolute atomic E-state index is 0.704. The van der Waals surface area contributed by atoms with E-state index in [1.807, 2.05) is 0 Å². The van der Waals surface area contributed by atoms with Crippen molar-refractivity contribution < 1.29 is 4.74 Å². The lowest BCUT2D eigenvalue weighted by Gasteiger charge is -2.18. The Morgan fingerprint density at radius 3 is 2.41 bits per heavy atom. The molecule has 0 aliphatic heterocycles. The first-order valence-corrected chi connectivity index (χ1v) is 7.25. The summed E-state index contributed by atoms with van der Waals surface area (Å²) in [4.78, 5) is 2.43. The van der Waals surface area contributed by atoms with Crippen LogP contribution in [-0.4, -0.2) is 50.8 Å². The summed E-state index contributed by atoms with van der Waals surface area (Å²) in [5.41, 5.74) is 0. The van der Waals surface area contributed by atoms with Crippen molar-refractivity contribution in [2.75, 3.05) is 45.9 Å². The van der Waals surface area contributed by atoms with Crippen molar-refractivity contribution in [3.05, 3.63) is 0 Å². The minimum Gasteiger partial charge on any atom is -0.380 e. The lowest BCUT2D eigenvalue weighted by atomic mass is 10.1. The maximum atomic E-state index is 5.63. The summed E-state index contributed by atoms with van der Waals surface area (Å²) in [6, 6.07) is 0. The van der Waals surface area contributed by atoms with E-state index in [4.69, 9.17) is 4.74 Å². The third-order valence-corrected chi connectivity index (χ3v) is 3.11. The van der Waals surface area contributed by atoms with Crippen LogP contribution in [0.4, 0.5) is 0 Å². The van der Waals surface area contributed by atoms with Crippen LogP contribution in [0.15, 0.2) is 0 Å². The van der Waals surface area contributed by atoms with Crippen LogP contribution in [0, 0.1) is 5.92 Å². The largest absolute Gasteiger partial charge is 0.380 e. The summed E-state index contributed by atoms with van der Waals surface area (Å²) in [5, 5.41) is 3.42. The molecule has 0 radical (unpaired) electrons. The Balaban J connectivity index is 3.18. The van der Waals surface area contributed by atoms with Crippen LogP contribution in [0.3, 0.4) is 0 Å². The van der Waals surface area contributed by atoms with Crippen LogP contribution in [0.2, 0.25) is 0 Å². The molecule has 1 unspecified atom stereocenters. The van der Waals surface area contributed by atoms with Crippen LogP contribution in [-0.2, 0) is 4.74 Å². The highest BCUT2D eigenvalue weighted by Crippen LogP contribution is 2.04. The van der Waals surface area contributed by atoms with Crippen LogP contribution >= 0.6 is 0 Å². The SMILES string of the molecule is CCCC(C)COCCNCCN(CC)CC. The Morgan fingerprint density at radius 1 is 1.12 bits per heavy atom. The fourth-order valence-corrected chi connectivity index (χ4v) is 1.91. The van der Waals surface area contributed by atoms with Crippen molar-refractivity contribution in [2.24, 2.45) is 5.92 Å². The number of hydrogen-bond donors (Lipinski definition) is 1. The van der Waals surface area contributed by atoms with Crippen LogP contribution < -0.4 is 5.32 Å². The van der Waals surface area contributed by atoms with Gasteiger partial charge in [0.2, 0.25) is 0 Å². The molecule has 0 aromatic carbocycles. The number of nitrogens with zero attached hydrogens (tertiary/aromatic N) is 1. The Kier molecular flexibility index (Phi) is 12.3. The first kappa shape index (κ1) is 16.9. The van der Waals surface area contributed by atoms with Crippen molar-refractivity contribution in [2.45, 2.75) is 40.5 Å². The maximum absolute atomic E-state index is 5.63. The highest BCUT2D eigenvalue weighted by molar-refractivity contribution is 4.55. The highest BCUT2D eigenvalue weighted by atomic mass is 16.5. The number of rotatable bonds is 12. The molecule has 0 aromatic heterocycles. The van der Waals surface area contributed by atoms with E-state index in [1.54, 1.807) is 0 Å². The van der Waals surface area contributed by atoms with Gasteiger partial charge in [-0.3, -0.25) is 0 Å². The van der Waals surface area contributed by atoms with Gasteiger partial charge < -0.3 is 15.0 Å². The van der Waals surface area contributed by atoms with Crippen molar-refractivity contribution in [3.63, 3.8) is 0 Å². The fraction of sp³-hybridized carbons (Fsp3) is 1.00. The molecule has 1 atom stereocenters. The molecule has 0 aliphatic carbocycles. The second kappa shape index (κ2) is 12.3. The minimum atomic E-state index is 0.704. The van der Waals surface area contributed by atoms with E-state index in [0.29, 0.717) is 5.92 Å². The number of ether oxygens (including phenoxy) is 1. The zero-order valence-corrected chi connectivity index (χ0v) is 12.3. The van der Waals surface area contributed by atoms with Gasteiger partial charge in [-0.2, -0.15) is 0 Å². The first-order valence-electron chi connectivity index (χ1n) is 7.25. The zero-order chi connectivity index (χ0) is 12.9.